The molecule has 1 fully saturated rings. The Morgan fingerprint density at radius 3 is 2.80 bits per heavy atom. The molecule has 86 valence electrons. The topological polar surface area (TPSA) is 64.6 Å². The number of amides is 2. The van der Waals surface area contributed by atoms with Crippen LogP contribution in [0.25, 0.3) is 0 Å². The van der Waals surface area contributed by atoms with Crippen molar-refractivity contribution in [2.45, 2.75) is 19.3 Å². The normalized spacial score (nSPS) is 21.5. The Hall–Kier alpha value is -0.940. The summed E-state index contributed by atoms with van der Waals surface area (Å²) in [7, 11) is 1.61. The van der Waals surface area contributed by atoms with E-state index >= 15 is 0 Å². The number of carbonyl (C=O) groups excluding carboxylic acids is 2. The molecule has 0 aromatic rings. The summed E-state index contributed by atoms with van der Waals surface area (Å²) >= 11 is 0. The van der Waals surface area contributed by atoms with Gasteiger partial charge in [0.25, 0.3) is 0 Å². The Labute approximate surface area is 89.1 Å². The third-order valence-corrected chi connectivity index (χ3v) is 2.40. The second kappa shape index (κ2) is 6.53. The van der Waals surface area contributed by atoms with Crippen molar-refractivity contribution in [2.75, 3.05) is 26.9 Å². The zero-order chi connectivity index (χ0) is 11.1. The van der Waals surface area contributed by atoms with Gasteiger partial charge in [0.15, 0.2) is 0 Å². The zero-order valence-electron chi connectivity index (χ0n) is 8.95. The average molecular weight is 215 g/mol. The summed E-state index contributed by atoms with van der Waals surface area (Å²) in [5.74, 6) is -0.414. The number of ether oxygens (including phenoxy) is 2. The maximum Gasteiger partial charge on any atom is 0.229 e. The largest absolute Gasteiger partial charge is 0.382 e. The Kier molecular flexibility index (Phi) is 5.28. The Morgan fingerprint density at radius 2 is 2.13 bits per heavy atom. The van der Waals surface area contributed by atoms with Crippen molar-refractivity contribution >= 4 is 11.8 Å². The maximum atomic E-state index is 11.3. The lowest BCUT2D eigenvalue weighted by atomic mass is 9.95. The first-order chi connectivity index (χ1) is 7.24. The molecular formula is C10H17NO4. The number of hydrogen-bond donors (Lipinski definition) is 1. The monoisotopic (exact) mass is 215 g/mol. The number of imide groups is 1. The van der Waals surface area contributed by atoms with E-state index in [0.717, 1.165) is 0 Å². The highest BCUT2D eigenvalue weighted by molar-refractivity contribution is 5.98. The van der Waals surface area contributed by atoms with Crippen molar-refractivity contribution in [3.63, 3.8) is 0 Å². The van der Waals surface area contributed by atoms with Gasteiger partial charge >= 0.3 is 0 Å². The summed E-state index contributed by atoms with van der Waals surface area (Å²) in [4.78, 5) is 22.2. The smallest absolute Gasteiger partial charge is 0.229 e. The van der Waals surface area contributed by atoms with Crippen molar-refractivity contribution in [3.8, 4) is 0 Å². The highest BCUT2D eigenvalue weighted by Crippen LogP contribution is 2.15. The highest BCUT2D eigenvalue weighted by Gasteiger charge is 2.25. The van der Waals surface area contributed by atoms with E-state index in [4.69, 9.17) is 9.47 Å². The molecule has 0 saturated carbocycles. The molecule has 1 unspecified atom stereocenters. The molecule has 0 aliphatic carbocycles. The molecule has 1 heterocycles. The van der Waals surface area contributed by atoms with Crippen molar-refractivity contribution in [1.82, 2.24) is 5.32 Å². The van der Waals surface area contributed by atoms with Crippen LogP contribution < -0.4 is 5.32 Å². The van der Waals surface area contributed by atoms with Crippen molar-refractivity contribution in [2.24, 2.45) is 5.92 Å². The van der Waals surface area contributed by atoms with Gasteiger partial charge in [0.1, 0.15) is 0 Å². The molecular weight excluding hydrogens is 198 g/mol. The highest BCUT2D eigenvalue weighted by atomic mass is 16.5. The Balaban J connectivity index is 2.10. The minimum atomic E-state index is -0.170. The fourth-order valence-electron chi connectivity index (χ4n) is 1.48. The lowest BCUT2D eigenvalue weighted by molar-refractivity contribution is -0.136. The lowest BCUT2D eigenvalue weighted by Gasteiger charge is -2.20. The molecule has 5 nitrogen and oxygen atoms in total. The number of nitrogens with one attached hydrogen (secondary N) is 1. The van der Waals surface area contributed by atoms with E-state index in [1.807, 2.05) is 0 Å². The molecule has 0 radical (unpaired) electrons. The van der Waals surface area contributed by atoms with Gasteiger partial charge in [-0.05, 0) is 12.8 Å². The molecule has 1 rings (SSSR count). The minimum absolute atomic E-state index is 0.0785. The van der Waals surface area contributed by atoms with Gasteiger partial charge in [0.05, 0.1) is 13.2 Å². The Bertz CT molecular complexity index is 229. The van der Waals surface area contributed by atoms with E-state index in [2.05, 4.69) is 5.32 Å². The van der Waals surface area contributed by atoms with Crippen LogP contribution in [0.15, 0.2) is 0 Å². The van der Waals surface area contributed by atoms with E-state index in [-0.39, 0.29) is 17.7 Å². The van der Waals surface area contributed by atoms with Crippen molar-refractivity contribution in [1.29, 1.82) is 0 Å². The van der Waals surface area contributed by atoms with Crippen LogP contribution in [0.4, 0.5) is 0 Å². The molecule has 2 amide bonds. The second-order valence-electron chi connectivity index (χ2n) is 3.54. The first kappa shape index (κ1) is 12.1. The molecule has 5 heteroatoms. The van der Waals surface area contributed by atoms with E-state index in [9.17, 15) is 9.59 Å². The van der Waals surface area contributed by atoms with Crippen LogP contribution >= 0.6 is 0 Å². The Morgan fingerprint density at radius 1 is 1.33 bits per heavy atom. The van der Waals surface area contributed by atoms with E-state index in [1.54, 1.807) is 7.11 Å². The standard InChI is InChI=1S/C10H17NO4/c1-14-6-7-15-5-4-8-2-3-9(12)11-10(8)13/h8H,2-7H2,1H3,(H,11,12,13). The summed E-state index contributed by atoms with van der Waals surface area (Å²) in [6.45, 7) is 1.65. The molecule has 1 aliphatic heterocycles. The number of rotatable bonds is 6. The fourth-order valence-corrected chi connectivity index (χ4v) is 1.48. The average Bonchev–Trinajstić information content (AvgIpc) is 2.20. The van der Waals surface area contributed by atoms with Crippen LogP contribution in [0.2, 0.25) is 0 Å². The van der Waals surface area contributed by atoms with Gasteiger partial charge in [-0.25, -0.2) is 0 Å². The quantitative estimate of drug-likeness (QED) is 0.504. The second-order valence-corrected chi connectivity index (χ2v) is 3.54. The molecule has 0 aromatic heterocycles. The number of carbonyl (C=O) groups is 2. The third-order valence-electron chi connectivity index (χ3n) is 2.40. The van der Waals surface area contributed by atoms with Gasteiger partial charge in [0.2, 0.25) is 11.8 Å². The van der Waals surface area contributed by atoms with Crippen LogP contribution in [0.1, 0.15) is 19.3 Å². The summed E-state index contributed by atoms with van der Waals surface area (Å²) in [5, 5.41) is 2.32. The van der Waals surface area contributed by atoms with Crippen molar-refractivity contribution < 1.29 is 19.1 Å². The van der Waals surface area contributed by atoms with Crippen LogP contribution in [0, 0.1) is 5.92 Å². The van der Waals surface area contributed by atoms with Gasteiger partial charge in [-0.2, -0.15) is 0 Å². The van der Waals surface area contributed by atoms with Crippen LogP contribution in [0.3, 0.4) is 0 Å². The minimum Gasteiger partial charge on any atom is -0.382 e. The third kappa shape index (κ3) is 4.40. The van der Waals surface area contributed by atoms with E-state index in [0.29, 0.717) is 39.1 Å². The SMILES string of the molecule is COCCOCCC1CCC(=O)NC1=O. The van der Waals surface area contributed by atoms with Crippen LogP contribution in [-0.4, -0.2) is 38.7 Å². The van der Waals surface area contributed by atoms with Gasteiger partial charge in [0, 0.05) is 26.1 Å². The number of piperidine rings is 1. The van der Waals surface area contributed by atoms with Gasteiger partial charge < -0.3 is 9.47 Å². The van der Waals surface area contributed by atoms with Gasteiger partial charge in [-0.15, -0.1) is 0 Å². The molecule has 0 aromatic carbocycles. The predicted octanol–water partition coefficient (Wildman–Crippen LogP) is 0.0923. The first-order valence-electron chi connectivity index (χ1n) is 5.14. The summed E-state index contributed by atoms with van der Waals surface area (Å²) in [6.07, 6.45) is 1.75. The van der Waals surface area contributed by atoms with Gasteiger partial charge in [-0.3, -0.25) is 14.9 Å². The molecule has 1 atom stereocenters. The number of hydrogen-bond acceptors (Lipinski definition) is 4. The summed E-state index contributed by atoms with van der Waals surface area (Å²) in [6, 6.07) is 0. The van der Waals surface area contributed by atoms with E-state index < -0.39 is 0 Å². The number of methoxy groups -OCH3 is 1. The summed E-state index contributed by atoms with van der Waals surface area (Å²) < 4.78 is 10.1. The predicted molar refractivity (Wildman–Crippen MR) is 53.2 cm³/mol. The zero-order valence-corrected chi connectivity index (χ0v) is 8.95. The van der Waals surface area contributed by atoms with Crippen LogP contribution in [-0.2, 0) is 19.1 Å². The molecule has 1 saturated heterocycles. The maximum absolute atomic E-state index is 11.3. The molecule has 1 N–H and O–H groups in total. The lowest BCUT2D eigenvalue weighted by Crippen LogP contribution is -2.41. The molecule has 1 aliphatic rings. The van der Waals surface area contributed by atoms with Crippen LogP contribution in [0.5, 0.6) is 0 Å². The van der Waals surface area contributed by atoms with Crippen molar-refractivity contribution in [3.05, 3.63) is 0 Å². The fraction of sp³-hybridized carbons (Fsp3) is 0.800. The molecule has 0 spiro atoms. The molecule has 0 bridgehead atoms. The summed E-state index contributed by atoms with van der Waals surface area (Å²) in [5.41, 5.74) is 0. The van der Waals surface area contributed by atoms with Gasteiger partial charge in [-0.1, -0.05) is 0 Å². The van der Waals surface area contributed by atoms with E-state index in [1.165, 1.54) is 0 Å². The first-order valence-corrected chi connectivity index (χ1v) is 5.14. The molecule has 15 heavy (non-hydrogen) atoms.